The molecule has 5 heteroatoms. The summed E-state index contributed by atoms with van der Waals surface area (Å²) in [4.78, 5) is 0.128. The largest absolute Gasteiger partial charge is 0.238 e. The van der Waals surface area contributed by atoms with Crippen LogP contribution in [-0.2, 0) is 16.4 Å². The number of alkyl halides is 1. The van der Waals surface area contributed by atoms with Crippen molar-refractivity contribution in [3.63, 3.8) is 0 Å². The monoisotopic (exact) mass is 275 g/mol. The summed E-state index contributed by atoms with van der Waals surface area (Å²) in [6, 6.07) is 6.52. The lowest BCUT2D eigenvalue weighted by Crippen LogP contribution is -2.22. The highest BCUT2D eigenvalue weighted by Crippen LogP contribution is 2.27. The molecule has 0 spiro atoms. The van der Waals surface area contributed by atoms with Gasteiger partial charge >= 0.3 is 0 Å². The summed E-state index contributed by atoms with van der Waals surface area (Å²) in [6.07, 6.45) is 0.704. The number of halogens is 1. The number of nitrogens with two attached hydrogens (primary N) is 1. The minimum Gasteiger partial charge on any atom is -0.225 e. The molecule has 17 heavy (non-hydrogen) atoms. The van der Waals surface area contributed by atoms with Gasteiger partial charge in [-0.2, -0.15) is 0 Å². The van der Waals surface area contributed by atoms with Gasteiger partial charge in [-0.1, -0.05) is 32.9 Å². The fourth-order valence-corrected chi connectivity index (χ4v) is 2.02. The van der Waals surface area contributed by atoms with E-state index in [0.717, 1.165) is 5.56 Å². The molecule has 0 fully saturated rings. The van der Waals surface area contributed by atoms with Crippen molar-refractivity contribution in [1.29, 1.82) is 0 Å². The first-order valence-corrected chi connectivity index (χ1v) is 7.35. The first-order valence-electron chi connectivity index (χ1n) is 5.36. The van der Waals surface area contributed by atoms with E-state index in [1.165, 1.54) is 12.1 Å². The molecule has 0 saturated heterocycles. The van der Waals surface area contributed by atoms with Crippen LogP contribution >= 0.6 is 11.6 Å². The second-order valence-corrected chi connectivity index (χ2v) is 7.31. The van der Waals surface area contributed by atoms with E-state index < -0.39 is 10.0 Å². The molecular formula is C12H18ClNO2S. The van der Waals surface area contributed by atoms with Crippen LogP contribution in [0, 0.1) is 5.41 Å². The molecule has 0 aliphatic rings. The first-order chi connectivity index (χ1) is 7.60. The summed E-state index contributed by atoms with van der Waals surface area (Å²) in [5, 5.41) is 5.03. The summed E-state index contributed by atoms with van der Waals surface area (Å²) in [6.45, 7) is 6.22. The van der Waals surface area contributed by atoms with Gasteiger partial charge in [-0.25, -0.2) is 13.6 Å². The molecule has 0 saturated carbocycles. The van der Waals surface area contributed by atoms with Crippen molar-refractivity contribution in [3.05, 3.63) is 29.8 Å². The van der Waals surface area contributed by atoms with Gasteiger partial charge in [-0.15, -0.1) is 11.6 Å². The molecule has 0 aliphatic carbocycles. The van der Waals surface area contributed by atoms with E-state index in [9.17, 15) is 8.42 Å². The number of sulfonamides is 1. The lowest BCUT2D eigenvalue weighted by molar-refractivity contribution is 0.386. The predicted molar refractivity (Wildman–Crippen MR) is 70.6 cm³/mol. The van der Waals surface area contributed by atoms with Crippen LogP contribution in [-0.4, -0.2) is 13.8 Å². The normalized spacial score (nSPS) is 14.6. The number of benzene rings is 1. The van der Waals surface area contributed by atoms with Gasteiger partial charge in [0, 0.05) is 5.38 Å². The van der Waals surface area contributed by atoms with E-state index in [1.54, 1.807) is 12.1 Å². The maximum atomic E-state index is 11.1. The standard InChI is InChI=1S/C12H18ClNO2S/c1-12(2,3)11(13)8-9-4-6-10(7-5-9)17(14,15)16/h4-7,11H,8H2,1-3H3,(H2,14,15,16). The van der Waals surface area contributed by atoms with Gasteiger partial charge in [0.15, 0.2) is 0 Å². The van der Waals surface area contributed by atoms with Gasteiger partial charge in [0.05, 0.1) is 4.90 Å². The second-order valence-electron chi connectivity index (χ2n) is 5.23. The third-order valence-electron chi connectivity index (χ3n) is 2.61. The van der Waals surface area contributed by atoms with E-state index in [0.29, 0.717) is 6.42 Å². The molecule has 3 nitrogen and oxygen atoms in total. The minimum absolute atomic E-state index is 0.00262. The molecule has 2 N–H and O–H groups in total. The highest BCUT2D eigenvalue weighted by Gasteiger charge is 2.22. The third-order valence-corrected chi connectivity index (χ3v) is 4.34. The van der Waals surface area contributed by atoms with Crippen LogP contribution in [0.15, 0.2) is 29.2 Å². The molecule has 96 valence electrons. The van der Waals surface area contributed by atoms with Crippen molar-refractivity contribution in [1.82, 2.24) is 0 Å². The zero-order valence-electron chi connectivity index (χ0n) is 10.3. The lowest BCUT2D eigenvalue weighted by Gasteiger charge is -2.25. The topological polar surface area (TPSA) is 60.2 Å². The van der Waals surface area contributed by atoms with E-state index in [1.807, 2.05) is 0 Å². The Morgan fingerprint density at radius 3 is 2.06 bits per heavy atom. The second kappa shape index (κ2) is 4.96. The fourth-order valence-electron chi connectivity index (χ4n) is 1.33. The molecule has 0 amide bonds. The van der Waals surface area contributed by atoms with Crippen molar-refractivity contribution >= 4 is 21.6 Å². The van der Waals surface area contributed by atoms with Crippen LogP contribution in [0.4, 0.5) is 0 Å². The van der Waals surface area contributed by atoms with E-state index in [2.05, 4.69) is 20.8 Å². The molecule has 0 bridgehead atoms. The number of hydrogen-bond donors (Lipinski definition) is 1. The molecule has 0 radical (unpaired) electrons. The summed E-state index contributed by atoms with van der Waals surface area (Å²) in [5.74, 6) is 0. The van der Waals surface area contributed by atoms with E-state index in [4.69, 9.17) is 16.7 Å². The Labute approximate surface area is 108 Å². The van der Waals surface area contributed by atoms with Crippen LogP contribution in [0.5, 0.6) is 0 Å². The van der Waals surface area contributed by atoms with Crippen LogP contribution in [0.3, 0.4) is 0 Å². The number of hydrogen-bond acceptors (Lipinski definition) is 2. The van der Waals surface area contributed by atoms with Crippen LogP contribution in [0.25, 0.3) is 0 Å². The van der Waals surface area contributed by atoms with Crippen molar-refractivity contribution in [2.75, 3.05) is 0 Å². The maximum Gasteiger partial charge on any atom is 0.238 e. The Bertz CT molecular complexity index is 474. The smallest absolute Gasteiger partial charge is 0.225 e. The van der Waals surface area contributed by atoms with Crippen LogP contribution in [0.1, 0.15) is 26.3 Å². The summed E-state index contributed by atoms with van der Waals surface area (Å²) >= 11 is 6.28. The number of rotatable bonds is 3. The van der Waals surface area contributed by atoms with Crippen molar-refractivity contribution < 1.29 is 8.42 Å². The molecule has 1 atom stereocenters. The van der Waals surface area contributed by atoms with Crippen molar-refractivity contribution in [2.45, 2.75) is 37.5 Å². The molecule has 0 heterocycles. The zero-order chi connectivity index (χ0) is 13.3. The summed E-state index contributed by atoms with van der Waals surface area (Å²) < 4.78 is 22.2. The zero-order valence-corrected chi connectivity index (χ0v) is 11.8. The average Bonchev–Trinajstić information content (AvgIpc) is 2.15. The van der Waals surface area contributed by atoms with E-state index in [-0.39, 0.29) is 15.7 Å². The highest BCUT2D eigenvalue weighted by molar-refractivity contribution is 7.89. The molecule has 1 aromatic carbocycles. The van der Waals surface area contributed by atoms with Crippen molar-refractivity contribution in [3.8, 4) is 0 Å². The maximum absolute atomic E-state index is 11.1. The quantitative estimate of drug-likeness (QED) is 0.862. The van der Waals surface area contributed by atoms with Gasteiger partial charge in [0.25, 0.3) is 0 Å². The Hall–Kier alpha value is -0.580. The first kappa shape index (κ1) is 14.5. The van der Waals surface area contributed by atoms with Gasteiger partial charge < -0.3 is 0 Å². The van der Waals surface area contributed by atoms with Gasteiger partial charge in [0.1, 0.15) is 0 Å². The highest BCUT2D eigenvalue weighted by atomic mass is 35.5. The van der Waals surface area contributed by atoms with E-state index >= 15 is 0 Å². The molecule has 1 unspecified atom stereocenters. The van der Waals surface area contributed by atoms with Gasteiger partial charge in [-0.3, -0.25) is 0 Å². The predicted octanol–water partition coefficient (Wildman–Crippen LogP) is 2.53. The minimum atomic E-state index is -3.61. The van der Waals surface area contributed by atoms with Crippen molar-refractivity contribution in [2.24, 2.45) is 10.6 Å². The average molecular weight is 276 g/mol. The lowest BCUT2D eigenvalue weighted by atomic mass is 9.88. The molecular weight excluding hydrogens is 258 g/mol. The molecule has 0 aliphatic heterocycles. The SMILES string of the molecule is CC(C)(C)C(Cl)Cc1ccc(S(N)(=O)=O)cc1. The molecule has 0 aromatic heterocycles. The Morgan fingerprint density at radius 1 is 1.24 bits per heavy atom. The number of primary sulfonamides is 1. The molecule has 1 rings (SSSR count). The third kappa shape index (κ3) is 4.30. The molecule has 1 aromatic rings. The Balaban J connectivity index is 2.83. The van der Waals surface area contributed by atoms with Gasteiger partial charge in [0.2, 0.25) is 10.0 Å². The summed E-state index contributed by atoms with van der Waals surface area (Å²) in [5.41, 5.74) is 1.02. The Morgan fingerprint density at radius 2 is 1.71 bits per heavy atom. The van der Waals surface area contributed by atoms with Gasteiger partial charge in [-0.05, 0) is 29.5 Å². The fraction of sp³-hybridized carbons (Fsp3) is 0.500. The van der Waals surface area contributed by atoms with Crippen LogP contribution in [0.2, 0.25) is 0 Å². The van der Waals surface area contributed by atoms with Crippen LogP contribution < -0.4 is 5.14 Å². The Kier molecular flexibility index (Phi) is 4.23. The summed E-state index contributed by atoms with van der Waals surface area (Å²) in [7, 11) is -3.61.